The summed E-state index contributed by atoms with van der Waals surface area (Å²) in [5.41, 5.74) is 1.33. The molecule has 1 aromatic rings. The van der Waals surface area contributed by atoms with Gasteiger partial charge in [-0.1, -0.05) is 0 Å². The number of piperidine rings is 1. The molecule has 0 radical (unpaired) electrons. The molecule has 0 bridgehead atoms. The van der Waals surface area contributed by atoms with Crippen LogP contribution in [0.1, 0.15) is 39.3 Å². The zero-order valence-electron chi connectivity index (χ0n) is 12.6. The molecule has 4 heteroatoms. The summed E-state index contributed by atoms with van der Waals surface area (Å²) in [5, 5.41) is 7.89. The molecule has 0 spiro atoms. The van der Waals surface area contributed by atoms with Crippen molar-refractivity contribution in [2.75, 3.05) is 19.6 Å². The summed E-state index contributed by atoms with van der Waals surface area (Å²) < 4.78 is 2.11. The molecular weight excluding hydrogens is 236 g/mol. The molecule has 1 N–H and O–H groups in total. The predicted molar refractivity (Wildman–Crippen MR) is 79.0 cm³/mol. The maximum atomic E-state index is 4.37. The van der Waals surface area contributed by atoms with Crippen molar-refractivity contribution in [1.82, 2.24) is 20.0 Å². The van der Waals surface area contributed by atoms with E-state index < -0.39 is 0 Å². The number of aryl methyl sites for hydroxylation is 1. The second kappa shape index (κ2) is 7.06. The third-order valence-corrected chi connectivity index (χ3v) is 4.09. The predicted octanol–water partition coefficient (Wildman–Crippen LogP) is 2.11. The van der Waals surface area contributed by atoms with Gasteiger partial charge in [-0.2, -0.15) is 5.10 Å². The minimum Gasteiger partial charge on any atom is -0.316 e. The molecule has 108 valence electrons. The molecule has 2 rings (SSSR count). The Kier molecular flexibility index (Phi) is 5.40. The molecule has 1 fully saturated rings. The van der Waals surface area contributed by atoms with Gasteiger partial charge in [0.1, 0.15) is 0 Å². The lowest BCUT2D eigenvalue weighted by atomic mass is 9.98. The van der Waals surface area contributed by atoms with Crippen molar-refractivity contribution in [3.8, 4) is 0 Å². The topological polar surface area (TPSA) is 33.1 Å². The van der Waals surface area contributed by atoms with Crippen molar-refractivity contribution in [2.24, 2.45) is 5.92 Å². The van der Waals surface area contributed by atoms with E-state index in [2.05, 4.69) is 46.8 Å². The van der Waals surface area contributed by atoms with Gasteiger partial charge in [0, 0.05) is 31.9 Å². The fourth-order valence-corrected chi connectivity index (χ4v) is 2.86. The maximum absolute atomic E-state index is 4.37. The van der Waals surface area contributed by atoms with Gasteiger partial charge in [0.15, 0.2) is 0 Å². The van der Waals surface area contributed by atoms with E-state index in [0.717, 1.165) is 19.0 Å². The van der Waals surface area contributed by atoms with Crippen molar-refractivity contribution in [2.45, 2.75) is 52.7 Å². The Morgan fingerprint density at radius 3 is 3.00 bits per heavy atom. The first kappa shape index (κ1) is 14.5. The summed E-state index contributed by atoms with van der Waals surface area (Å²) in [6, 6.07) is 2.74. The van der Waals surface area contributed by atoms with E-state index in [1.807, 2.05) is 6.20 Å². The molecule has 4 nitrogen and oxygen atoms in total. The van der Waals surface area contributed by atoms with Crippen LogP contribution in [0.3, 0.4) is 0 Å². The average molecular weight is 264 g/mol. The second-order valence-corrected chi connectivity index (χ2v) is 5.87. The Balaban J connectivity index is 1.95. The number of hydrogen-bond acceptors (Lipinski definition) is 3. The van der Waals surface area contributed by atoms with E-state index in [-0.39, 0.29) is 0 Å². The average Bonchev–Trinajstić information content (AvgIpc) is 2.86. The van der Waals surface area contributed by atoms with E-state index >= 15 is 0 Å². The van der Waals surface area contributed by atoms with E-state index in [4.69, 9.17) is 0 Å². The first-order chi connectivity index (χ1) is 9.20. The Morgan fingerprint density at radius 1 is 1.53 bits per heavy atom. The van der Waals surface area contributed by atoms with Gasteiger partial charge in [-0.15, -0.1) is 0 Å². The summed E-state index contributed by atoms with van der Waals surface area (Å²) in [7, 11) is 0. The van der Waals surface area contributed by atoms with Crippen molar-refractivity contribution < 1.29 is 0 Å². The van der Waals surface area contributed by atoms with Crippen LogP contribution in [0, 0.1) is 5.92 Å². The minimum atomic E-state index is 0.585. The highest BCUT2D eigenvalue weighted by atomic mass is 15.3. The lowest BCUT2D eigenvalue weighted by molar-refractivity contribution is 0.160. The van der Waals surface area contributed by atoms with Crippen LogP contribution < -0.4 is 5.32 Å². The molecule has 0 amide bonds. The second-order valence-electron chi connectivity index (χ2n) is 5.87. The first-order valence-electron chi connectivity index (χ1n) is 7.66. The molecule has 0 aromatic carbocycles. The van der Waals surface area contributed by atoms with Crippen molar-refractivity contribution >= 4 is 0 Å². The standard InChI is InChI=1S/C15H28N4/c1-4-19-15(7-9-17-19)12-18(13(2)3)11-14-6-5-8-16-10-14/h7,9,13-14,16H,4-6,8,10-12H2,1-3H3. The molecule has 0 saturated carbocycles. The van der Waals surface area contributed by atoms with Gasteiger partial charge in [-0.05, 0) is 58.7 Å². The van der Waals surface area contributed by atoms with Crippen LogP contribution in [0.4, 0.5) is 0 Å². The molecule has 1 aliphatic rings. The zero-order chi connectivity index (χ0) is 13.7. The molecule has 2 heterocycles. The number of nitrogens with one attached hydrogen (secondary N) is 1. The summed E-state index contributed by atoms with van der Waals surface area (Å²) in [6.07, 6.45) is 4.60. The van der Waals surface area contributed by atoms with Crippen molar-refractivity contribution in [1.29, 1.82) is 0 Å². The van der Waals surface area contributed by atoms with Crippen molar-refractivity contribution in [3.05, 3.63) is 18.0 Å². The highest BCUT2D eigenvalue weighted by molar-refractivity contribution is 5.00. The molecule has 1 saturated heterocycles. The van der Waals surface area contributed by atoms with Crippen molar-refractivity contribution in [3.63, 3.8) is 0 Å². The van der Waals surface area contributed by atoms with Gasteiger partial charge in [0.05, 0.1) is 5.69 Å². The summed E-state index contributed by atoms with van der Waals surface area (Å²) >= 11 is 0. The Bertz CT molecular complexity index is 366. The van der Waals surface area contributed by atoms with Crippen LogP contribution in [-0.2, 0) is 13.1 Å². The fraction of sp³-hybridized carbons (Fsp3) is 0.800. The van der Waals surface area contributed by atoms with Crippen LogP contribution in [0.15, 0.2) is 12.3 Å². The molecule has 1 aliphatic heterocycles. The van der Waals surface area contributed by atoms with Crippen LogP contribution >= 0.6 is 0 Å². The Morgan fingerprint density at radius 2 is 2.37 bits per heavy atom. The number of aromatic nitrogens is 2. The minimum absolute atomic E-state index is 0.585. The van der Waals surface area contributed by atoms with Gasteiger partial charge in [0.2, 0.25) is 0 Å². The number of hydrogen-bond donors (Lipinski definition) is 1. The summed E-state index contributed by atoms with van der Waals surface area (Å²) in [4.78, 5) is 2.58. The van der Waals surface area contributed by atoms with E-state index in [1.54, 1.807) is 0 Å². The summed E-state index contributed by atoms with van der Waals surface area (Å²) in [5.74, 6) is 0.800. The first-order valence-corrected chi connectivity index (χ1v) is 7.66. The van der Waals surface area contributed by atoms with Gasteiger partial charge in [-0.3, -0.25) is 9.58 Å². The van der Waals surface area contributed by atoms with Gasteiger partial charge in [0.25, 0.3) is 0 Å². The molecule has 1 atom stereocenters. The molecule has 1 unspecified atom stereocenters. The molecule has 1 aromatic heterocycles. The van der Waals surface area contributed by atoms with Gasteiger partial charge >= 0.3 is 0 Å². The molecular formula is C15H28N4. The lowest BCUT2D eigenvalue weighted by Gasteiger charge is -2.32. The summed E-state index contributed by atoms with van der Waals surface area (Å²) in [6.45, 7) is 12.3. The number of rotatable bonds is 6. The maximum Gasteiger partial charge on any atom is 0.0524 e. The normalized spacial score (nSPS) is 20.4. The Hall–Kier alpha value is -0.870. The van der Waals surface area contributed by atoms with Crippen LogP contribution in [-0.4, -0.2) is 40.4 Å². The fourth-order valence-electron chi connectivity index (χ4n) is 2.86. The van der Waals surface area contributed by atoms with Gasteiger partial charge < -0.3 is 5.32 Å². The largest absolute Gasteiger partial charge is 0.316 e. The smallest absolute Gasteiger partial charge is 0.0524 e. The highest BCUT2D eigenvalue weighted by Crippen LogP contribution is 2.16. The zero-order valence-corrected chi connectivity index (χ0v) is 12.6. The lowest BCUT2D eigenvalue weighted by Crippen LogP contribution is -2.41. The third-order valence-electron chi connectivity index (χ3n) is 4.09. The van der Waals surface area contributed by atoms with E-state index in [1.165, 1.54) is 38.2 Å². The quantitative estimate of drug-likeness (QED) is 0.854. The van der Waals surface area contributed by atoms with Crippen LogP contribution in [0.2, 0.25) is 0 Å². The monoisotopic (exact) mass is 264 g/mol. The van der Waals surface area contributed by atoms with Crippen LogP contribution in [0.25, 0.3) is 0 Å². The van der Waals surface area contributed by atoms with Gasteiger partial charge in [-0.25, -0.2) is 0 Å². The van der Waals surface area contributed by atoms with E-state index in [0.29, 0.717) is 6.04 Å². The third kappa shape index (κ3) is 4.05. The van der Waals surface area contributed by atoms with Crippen LogP contribution in [0.5, 0.6) is 0 Å². The Labute approximate surface area is 117 Å². The molecule has 0 aliphatic carbocycles. The number of nitrogens with zero attached hydrogens (tertiary/aromatic N) is 3. The SMILES string of the molecule is CCn1nccc1CN(CC1CCCNC1)C(C)C. The molecule has 19 heavy (non-hydrogen) atoms. The highest BCUT2D eigenvalue weighted by Gasteiger charge is 2.19. The van der Waals surface area contributed by atoms with E-state index in [9.17, 15) is 0 Å².